The van der Waals surface area contributed by atoms with E-state index in [0.29, 0.717) is 17.8 Å². The average molecular weight is 368 g/mol. The molecule has 1 N–H and O–H groups in total. The normalized spacial score (nSPS) is 16.6. The lowest BCUT2D eigenvalue weighted by Gasteiger charge is -2.30. The predicted molar refractivity (Wildman–Crippen MR) is 101 cm³/mol. The summed E-state index contributed by atoms with van der Waals surface area (Å²) in [4.78, 5) is 14.7. The minimum atomic E-state index is -3.34. The van der Waals surface area contributed by atoms with Crippen molar-refractivity contribution in [3.63, 3.8) is 0 Å². The molecule has 140 valence electrons. The van der Waals surface area contributed by atoms with Gasteiger partial charge in [-0.2, -0.15) is 0 Å². The van der Waals surface area contributed by atoms with Gasteiger partial charge in [0, 0.05) is 19.2 Å². The van der Waals surface area contributed by atoms with Crippen molar-refractivity contribution < 1.29 is 13.2 Å². The molecule has 7 heteroatoms. The summed E-state index contributed by atoms with van der Waals surface area (Å²) in [5.74, 6) is 0.657. The Hall–Kier alpha value is -1.60. The van der Waals surface area contributed by atoms with E-state index in [4.69, 9.17) is 0 Å². The number of sulfonamides is 1. The molecule has 0 atom stereocenters. The maximum atomic E-state index is 12.3. The van der Waals surface area contributed by atoms with E-state index < -0.39 is 10.0 Å². The number of nitrogens with one attached hydrogen (secondary N) is 1. The molecule has 0 aromatic heterocycles. The van der Waals surface area contributed by atoms with Crippen LogP contribution in [0.15, 0.2) is 24.3 Å². The number of hydrogen-bond acceptors (Lipinski definition) is 4. The second-order valence-electron chi connectivity index (χ2n) is 6.91. The van der Waals surface area contributed by atoms with Crippen molar-refractivity contribution in [2.24, 2.45) is 5.92 Å². The summed E-state index contributed by atoms with van der Waals surface area (Å²) in [5, 5.41) is 2.92. The number of benzene rings is 1. The summed E-state index contributed by atoms with van der Waals surface area (Å²) in [7, 11) is -1.86. The Morgan fingerprint density at radius 3 is 2.64 bits per heavy atom. The first-order valence-corrected chi connectivity index (χ1v) is 10.7. The van der Waals surface area contributed by atoms with E-state index in [1.165, 1.54) is 24.2 Å². The molecule has 1 aliphatic heterocycles. The van der Waals surface area contributed by atoms with E-state index in [-0.39, 0.29) is 5.91 Å². The quantitative estimate of drug-likeness (QED) is 0.748. The molecule has 1 aromatic rings. The van der Waals surface area contributed by atoms with Crippen LogP contribution in [0, 0.1) is 5.92 Å². The monoisotopic (exact) mass is 367 g/mol. The lowest BCUT2D eigenvalue weighted by Crippen LogP contribution is -2.35. The SMILES string of the molecule is CC1CCN(CCCNC(=O)c2cccc(N(C)S(C)(=O)=O)c2)CC1. The van der Waals surface area contributed by atoms with Crippen molar-refractivity contribution in [1.82, 2.24) is 10.2 Å². The van der Waals surface area contributed by atoms with Gasteiger partial charge in [-0.05, 0) is 63.0 Å². The van der Waals surface area contributed by atoms with E-state index >= 15 is 0 Å². The first-order chi connectivity index (χ1) is 11.8. The minimum Gasteiger partial charge on any atom is -0.352 e. The van der Waals surface area contributed by atoms with Gasteiger partial charge in [0.1, 0.15) is 0 Å². The van der Waals surface area contributed by atoms with Crippen LogP contribution in [0.1, 0.15) is 36.5 Å². The molecular formula is C18H29N3O3S. The maximum absolute atomic E-state index is 12.3. The highest BCUT2D eigenvalue weighted by Gasteiger charge is 2.16. The van der Waals surface area contributed by atoms with E-state index in [2.05, 4.69) is 17.1 Å². The summed E-state index contributed by atoms with van der Waals surface area (Å²) >= 11 is 0. The molecular weight excluding hydrogens is 338 g/mol. The smallest absolute Gasteiger partial charge is 0.251 e. The van der Waals surface area contributed by atoms with Crippen molar-refractivity contribution in [3.8, 4) is 0 Å². The van der Waals surface area contributed by atoms with Gasteiger partial charge in [0.2, 0.25) is 10.0 Å². The molecule has 1 aromatic carbocycles. The highest BCUT2D eigenvalue weighted by molar-refractivity contribution is 7.92. The molecule has 1 aliphatic rings. The Morgan fingerprint density at radius 2 is 2.00 bits per heavy atom. The van der Waals surface area contributed by atoms with E-state index in [9.17, 15) is 13.2 Å². The number of rotatable bonds is 7. The van der Waals surface area contributed by atoms with Gasteiger partial charge in [-0.3, -0.25) is 9.10 Å². The van der Waals surface area contributed by atoms with E-state index in [0.717, 1.165) is 38.2 Å². The Balaban J connectivity index is 1.81. The number of carbonyl (C=O) groups is 1. The third-order valence-electron chi connectivity index (χ3n) is 4.78. The predicted octanol–water partition coefficient (Wildman–Crippen LogP) is 1.93. The van der Waals surface area contributed by atoms with Crippen LogP contribution >= 0.6 is 0 Å². The first kappa shape index (κ1) is 19.7. The van der Waals surface area contributed by atoms with Crippen LogP contribution < -0.4 is 9.62 Å². The topological polar surface area (TPSA) is 69.7 Å². The van der Waals surface area contributed by atoms with Crippen LogP contribution in [0.5, 0.6) is 0 Å². The average Bonchev–Trinajstić information content (AvgIpc) is 2.58. The van der Waals surface area contributed by atoms with Gasteiger partial charge in [0.25, 0.3) is 5.91 Å². The summed E-state index contributed by atoms with van der Waals surface area (Å²) < 4.78 is 24.4. The fraction of sp³-hybridized carbons (Fsp3) is 0.611. The number of piperidine rings is 1. The Bertz CT molecular complexity index is 683. The summed E-state index contributed by atoms with van der Waals surface area (Å²) in [6, 6.07) is 6.67. The van der Waals surface area contributed by atoms with Gasteiger partial charge in [-0.1, -0.05) is 13.0 Å². The summed E-state index contributed by atoms with van der Waals surface area (Å²) in [6.45, 7) is 6.22. The van der Waals surface area contributed by atoms with Crippen molar-refractivity contribution in [3.05, 3.63) is 29.8 Å². The minimum absolute atomic E-state index is 0.170. The van der Waals surface area contributed by atoms with Crippen LogP contribution in [0.4, 0.5) is 5.69 Å². The molecule has 0 spiro atoms. The Labute approximate surface area is 151 Å². The number of anilines is 1. The molecule has 1 saturated heterocycles. The molecule has 1 amide bonds. The molecule has 0 unspecified atom stereocenters. The number of amides is 1. The zero-order valence-corrected chi connectivity index (χ0v) is 16.2. The van der Waals surface area contributed by atoms with Gasteiger partial charge < -0.3 is 10.2 Å². The van der Waals surface area contributed by atoms with Crippen LogP contribution in [-0.2, 0) is 10.0 Å². The molecule has 25 heavy (non-hydrogen) atoms. The van der Waals surface area contributed by atoms with Gasteiger partial charge in [-0.15, -0.1) is 0 Å². The number of hydrogen-bond donors (Lipinski definition) is 1. The molecule has 0 bridgehead atoms. The number of carbonyl (C=O) groups excluding carboxylic acids is 1. The molecule has 0 saturated carbocycles. The van der Waals surface area contributed by atoms with E-state index in [1.54, 1.807) is 24.3 Å². The van der Waals surface area contributed by atoms with Crippen LogP contribution in [0.25, 0.3) is 0 Å². The maximum Gasteiger partial charge on any atom is 0.251 e. The zero-order chi connectivity index (χ0) is 18.4. The first-order valence-electron chi connectivity index (χ1n) is 8.82. The molecule has 6 nitrogen and oxygen atoms in total. The van der Waals surface area contributed by atoms with Gasteiger partial charge in [0.05, 0.1) is 11.9 Å². The third kappa shape index (κ3) is 6.01. The van der Waals surface area contributed by atoms with Crippen molar-refractivity contribution in [2.75, 3.05) is 43.8 Å². The molecule has 0 radical (unpaired) electrons. The largest absolute Gasteiger partial charge is 0.352 e. The molecule has 0 aliphatic carbocycles. The van der Waals surface area contributed by atoms with Gasteiger partial charge in [0.15, 0.2) is 0 Å². The summed E-state index contributed by atoms with van der Waals surface area (Å²) in [5.41, 5.74) is 0.956. The molecule has 1 heterocycles. The van der Waals surface area contributed by atoms with Crippen molar-refractivity contribution >= 4 is 21.6 Å². The zero-order valence-electron chi connectivity index (χ0n) is 15.4. The molecule has 1 fully saturated rings. The standard InChI is InChI=1S/C18H29N3O3S/c1-15-8-12-21(13-9-15)11-5-10-19-18(22)16-6-4-7-17(14-16)20(2)25(3,23)24/h4,6-7,14-15H,5,8-13H2,1-3H3,(H,19,22). The van der Waals surface area contributed by atoms with Gasteiger partial charge in [-0.25, -0.2) is 8.42 Å². The highest BCUT2D eigenvalue weighted by Crippen LogP contribution is 2.17. The lowest BCUT2D eigenvalue weighted by molar-refractivity contribution is 0.0950. The number of nitrogens with zero attached hydrogens (tertiary/aromatic N) is 2. The lowest BCUT2D eigenvalue weighted by atomic mass is 9.99. The van der Waals surface area contributed by atoms with Crippen LogP contribution in [0.3, 0.4) is 0 Å². The van der Waals surface area contributed by atoms with E-state index in [1.807, 2.05) is 0 Å². The Kier molecular flexibility index (Phi) is 6.84. The van der Waals surface area contributed by atoms with Crippen LogP contribution in [0.2, 0.25) is 0 Å². The van der Waals surface area contributed by atoms with Crippen LogP contribution in [-0.4, -0.2) is 58.7 Å². The summed E-state index contributed by atoms with van der Waals surface area (Å²) in [6.07, 6.45) is 4.57. The molecule has 2 rings (SSSR count). The second kappa shape index (κ2) is 8.67. The fourth-order valence-corrected chi connectivity index (χ4v) is 3.42. The number of likely N-dealkylation sites (tertiary alicyclic amines) is 1. The Morgan fingerprint density at radius 1 is 1.32 bits per heavy atom. The van der Waals surface area contributed by atoms with Crippen molar-refractivity contribution in [1.29, 1.82) is 0 Å². The third-order valence-corrected chi connectivity index (χ3v) is 5.99. The van der Waals surface area contributed by atoms with Crippen molar-refractivity contribution in [2.45, 2.75) is 26.2 Å². The fourth-order valence-electron chi connectivity index (χ4n) is 2.93. The highest BCUT2D eigenvalue weighted by atomic mass is 32.2. The van der Waals surface area contributed by atoms with Gasteiger partial charge >= 0.3 is 0 Å². The second-order valence-corrected chi connectivity index (χ2v) is 8.93.